The minimum Gasteiger partial charge on any atom is -0.353 e. The molecular weight excluding hydrogens is 386 g/mol. The van der Waals surface area contributed by atoms with E-state index in [1.807, 2.05) is 50.2 Å². The zero-order valence-electron chi connectivity index (χ0n) is 16.7. The molecule has 2 heterocycles. The van der Waals surface area contributed by atoms with Crippen LogP contribution in [0.5, 0.6) is 0 Å². The van der Waals surface area contributed by atoms with Crippen molar-refractivity contribution < 1.29 is 4.79 Å². The summed E-state index contributed by atoms with van der Waals surface area (Å²) in [6.45, 7) is 7.65. The third-order valence-corrected chi connectivity index (χ3v) is 5.60. The Morgan fingerprint density at radius 1 is 1.07 bits per heavy atom. The highest BCUT2D eigenvalue weighted by Crippen LogP contribution is 2.26. The molecule has 7 heteroatoms. The van der Waals surface area contributed by atoms with Gasteiger partial charge in [-0.3, -0.25) is 9.69 Å². The smallest absolute Gasteiger partial charge is 0.238 e. The van der Waals surface area contributed by atoms with Crippen molar-refractivity contribution in [2.75, 3.05) is 42.9 Å². The molecule has 150 valence electrons. The van der Waals surface area contributed by atoms with Gasteiger partial charge in [-0.05, 0) is 43.2 Å². The minimum absolute atomic E-state index is 0.0259. The first kappa shape index (κ1) is 19.6. The van der Waals surface area contributed by atoms with E-state index in [0.717, 1.165) is 59.7 Å². The fourth-order valence-corrected chi connectivity index (χ4v) is 3.95. The van der Waals surface area contributed by atoms with Crippen molar-refractivity contribution in [1.29, 1.82) is 0 Å². The Balaban J connectivity index is 1.38. The zero-order valence-corrected chi connectivity index (χ0v) is 17.4. The van der Waals surface area contributed by atoms with Crippen molar-refractivity contribution in [2.45, 2.75) is 13.8 Å². The highest BCUT2D eigenvalue weighted by atomic mass is 35.5. The third kappa shape index (κ3) is 4.33. The Morgan fingerprint density at radius 3 is 2.52 bits per heavy atom. The predicted octanol–water partition coefficient (Wildman–Crippen LogP) is 3.66. The van der Waals surface area contributed by atoms with E-state index < -0.39 is 0 Å². The normalized spacial score (nSPS) is 14.9. The fraction of sp³-hybridized carbons (Fsp3) is 0.318. The molecule has 1 saturated heterocycles. The molecule has 29 heavy (non-hydrogen) atoms. The number of carbonyl (C=O) groups is 1. The van der Waals surface area contributed by atoms with Crippen LogP contribution in [0.15, 0.2) is 42.7 Å². The maximum absolute atomic E-state index is 12.5. The Kier molecular flexibility index (Phi) is 5.65. The summed E-state index contributed by atoms with van der Waals surface area (Å²) in [6.07, 6.45) is 1.58. The topological polar surface area (TPSA) is 61.4 Å². The summed E-state index contributed by atoms with van der Waals surface area (Å²) in [5.74, 6) is 0.948. The van der Waals surface area contributed by atoms with Crippen LogP contribution >= 0.6 is 11.6 Å². The largest absolute Gasteiger partial charge is 0.353 e. The molecule has 2 aromatic carbocycles. The van der Waals surface area contributed by atoms with Crippen molar-refractivity contribution >= 4 is 39.9 Å². The number of fused-ring (bicyclic) bond motifs is 1. The molecule has 0 bridgehead atoms. The van der Waals surface area contributed by atoms with Crippen LogP contribution in [0.3, 0.4) is 0 Å². The van der Waals surface area contributed by atoms with Gasteiger partial charge in [-0.1, -0.05) is 29.8 Å². The Bertz CT molecular complexity index is 1030. The highest BCUT2D eigenvalue weighted by Gasteiger charge is 2.22. The van der Waals surface area contributed by atoms with E-state index in [1.165, 1.54) is 0 Å². The fourth-order valence-electron chi connectivity index (χ4n) is 3.78. The molecule has 1 aliphatic rings. The van der Waals surface area contributed by atoms with Crippen LogP contribution < -0.4 is 10.2 Å². The van der Waals surface area contributed by atoms with E-state index in [-0.39, 0.29) is 5.91 Å². The van der Waals surface area contributed by atoms with Crippen LogP contribution in [0.4, 0.5) is 11.5 Å². The minimum atomic E-state index is 0.0259. The zero-order chi connectivity index (χ0) is 20.4. The first-order valence-corrected chi connectivity index (χ1v) is 10.1. The second kappa shape index (κ2) is 8.35. The van der Waals surface area contributed by atoms with Crippen molar-refractivity contribution in [1.82, 2.24) is 14.9 Å². The molecule has 1 aliphatic heterocycles. The molecule has 1 N–H and O–H groups in total. The molecular formula is C22H24ClN5O. The van der Waals surface area contributed by atoms with E-state index in [1.54, 1.807) is 6.33 Å². The van der Waals surface area contributed by atoms with Gasteiger partial charge in [-0.2, -0.15) is 0 Å². The summed E-state index contributed by atoms with van der Waals surface area (Å²) in [7, 11) is 0. The first-order valence-electron chi connectivity index (χ1n) is 9.75. The second-order valence-corrected chi connectivity index (χ2v) is 7.87. The number of halogens is 1. The van der Waals surface area contributed by atoms with Gasteiger partial charge < -0.3 is 10.2 Å². The third-order valence-electron chi connectivity index (χ3n) is 5.36. The standard InChI is InChI=1S/C22H24ClN5O/c1-15-4-3-5-16(2)21(15)26-20(29)13-27-8-10-28(11-9-27)22-18-7-6-17(23)12-19(18)24-14-25-22/h3-7,12,14H,8-11,13H2,1-2H3,(H,26,29). The average Bonchev–Trinajstić information content (AvgIpc) is 2.71. The number of anilines is 2. The lowest BCUT2D eigenvalue weighted by atomic mass is 10.1. The highest BCUT2D eigenvalue weighted by molar-refractivity contribution is 6.31. The van der Waals surface area contributed by atoms with Gasteiger partial charge in [-0.25, -0.2) is 9.97 Å². The molecule has 6 nitrogen and oxygen atoms in total. The van der Waals surface area contributed by atoms with E-state index >= 15 is 0 Å². The molecule has 0 radical (unpaired) electrons. The molecule has 0 saturated carbocycles. The van der Waals surface area contributed by atoms with Gasteiger partial charge in [0.1, 0.15) is 12.1 Å². The Morgan fingerprint density at radius 2 is 1.79 bits per heavy atom. The number of aryl methyl sites for hydroxylation is 2. The molecule has 0 atom stereocenters. The number of nitrogens with one attached hydrogen (secondary N) is 1. The maximum Gasteiger partial charge on any atom is 0.238 e. The number of carbonyl (C=O) groups excluding carboxylic acids is 1. The number of nitrogens with zero attached hydrogens (tertiary/aromatic N) is 4. The van der Waals surface area contributed by atoms with Crippen LogP contribution in [0.2, 0.25) is 5.02 Å². The molecule has 1 aromatic heterocycles. The van der Waals surface area contributed by atoms with E-state index in [9.17, 15) is 4.79 Å². The lowest BCUT2D eigenvalue weighted by molar-refractivity contribution is -0.117. The van der Waals surface area contributed by atoms with E-state index in [0.29, 0.717) is 11.6 Å². The number of amides is 1. The van der Waals surface area contributed by atoms with Gasteiger partial charge in [-0.15, -0.1) is 0 Å². The molecule has 1 amide bonds. The molecule has 0 spiro atoms. The van der Waals surface area contributed by atoms with Gasteiger partial charge in [0.05, 0.1) is 12.1 Å². The molecule has 1 fully saturated rings. The van der Waals surface area contributed by atoms with Crippen molar-refractivity contribution in [2.24, 2.45) is 0 Å². The number of benzene rings is 2. The van der Waals surface area contributed by atoms with Gasteiger partial charge >= 0.3 is 0 Å². The molecule has 0 unspecified atom stereocenters. The van der Waals surface area contributed by atoms with E-state index in [2.05, 4.69) is 25.1 Å². The van der Waals surface area contributed by atoms with Gasteiger partial charge in [0.2, 0.25) is 5.91 Å². The van der Waals surface area contributed by atoms with Gasteiger partial charge in [0, 0.05) is 42.3 Å². The summed E-state index contributed by atoms with van der Waals surface area (Å²) in [5.41, 5.74) is 3.93. The molecule has 0 aliphatic carbocycles. The van der Waals surface area contributed by atoms with Crippen LogP contribution in [0.25, 0.3) is 10.9 Å². The summed E-state index contributed by atoms with van der Waals surface area (Å²) >= 11 is 6.08. The summed E-state index contributed by atoms with van der Waals surface area (Å²) in [4.78, 5) is 25.8. The van der Waals surface area contributed by atoms with Crippen LogP contribution in [-0.2, 0) is 4.79 Å². The SMILES string of the molecule is Cc1cccc(C)c1NC(=O)CN1CCN(c2ncnc3cc(Cl)ccc23)CC1. The predicted molar refractivity (Wildman–Crippen MR) is 118 cm³/mol. The second-order valence-electron chi connectivity index (χ2n) is 7.44. The van der Waals surface area contributed by atoms with Crippen molar-refractivity contribution in [3.05, 3.63) is 58.9 Å². The average molecular weight is 410 g/mol. The van der Waals surface area contributed by atoms with Crippen LogP contribution in [-0.4, -0.2) is 53.5 Å². The number of aromatic nitrogens is 2. The summed E-state index contributed by atoms with van der Waals surface area (Å²) in [6, 6.07) is 11.7. The first-order chi connectivity index (χ1) is 14.0. The van der Waals surface area contributed by atoms with Crippen molar-refractivity contribution in [3.8, 4) is 0 Å². The number of hydrogen-bond acceptors (Lipinski definition) is 5. The number of rotatable bonds is 4. The number of piperazine rings is 1. The van der Waals surface area contributed by atoms with Crippen molar-refractivity contribution in [3.63, 3.8) is 0 Å². The van der Waals surface area contributed by atoms with Gasteiger partial charge in [0.15, 0.2) is 0 Å². The van der Waals surface area contributed by atoms with Crippen LogP contribution in [0, 0.1) is 13.8 Å². The molecule has 4 rings (SSSR count). The van der Waals surface area contributed by atoms with Gasteiger partial charge in [0.25, 0.3) is 0 Å². The maximum atomic E-state index is 12.5. The van der Waals surface area contributed by atoms with Crippen LogP contribution in [0.1, 0.15) is 11.1 Å². The number of hydrogen-bond donors (Lipinski definition) is 1. The Labute approximate surface area is 175 Å². The lowest BCUT2D eigenvalue weighted by Gasteiger charge is -2.35. The summed E-state index contributed by atoms with van der Waals surface area (Å²) in [5, 5.41) is 4.74. The lowest BCUT2D eigenvalue weighted by Crippen LogP contribution is -2.49. The Hall–Kier alpha value is -2.70. The monoisotopic (exact) mass is 409 g/mol. The van der Waals surface area contributed by atoms with E-state index in [4.69, 9.17) is 11.6 Å². The quantitative estimate of drug-likeness (QED) is 0.712. The summed E-state index contributed by atoms with van der Waals surface area (Å²) < 4.78 is 0. The number of para-hydroxylation sites is 1. The molecule has 3 aromatic rings.